The highest BCUT2D eigenvalue weighted by molar-refractivity contribution is 5.98. The van der Waals surface area contributed by atoms with Gasteiger partial charge >= 0.3 is 5.97 Å². The third-order valence-corrected chi connectivity index (χ3v) is 3.48. The summed E-state index contributed by atoms with van der Waals surface area (Å²) in [6.45, 7) is 1.03. The Kier molecular flexibility index (Phi) is 5.26. The van der Waals surface area contributed by atoms with E-state index in [0.717, 1.165) is 0 Å². The molecule has 0 atom stereocenters. The number of ether oxygens (including phenoxy) is 1. The summed E-state index contributed by atoms with van der Waals surface area (Å²) in [4.78, 5) is 36.0. The van der Waals surface area contributed by atoms with E-state index in [2.05, 4.69) is 0 Å². The lowest BCUT2D eigenvalue weighted by molar-refractivity contribution is -0.385. The number of benzene rings is 2. The Bertz CT molecular complexity index is 774. The average Bonchev–Trinajstić information content (AvgIpc) is 2.58. The number of rotatable bonds is 5. The third kappa shape index (κ3) is 3.75. The predicted molar refractivity (Wildman–Crippen MR) is 88.0 cm³/mol. The van der Waals surface area contributed by atoms with Gasteiger partial charge in [-0.15, -0.1) is 0 Å². The zero-order valence-corrected chi connectivity index (χ0v) is 13.3. The molecule has 1 amide bonds. The number of nitro benzene ring substituents is 1. The van der Waals surface area contributed by atoms with E-state index in [1.165, 1.54) is 30.0 Å². The molecule has 0 radical (unpaired) electrons. The number of nitrogens with zero attached hydrogens (tertiary/aromatic N) is 2. The molecule has 0 unspecified atom stereocenters. The standard InChI is InChI=1S/C17H16N2O5/c1-12-7-6-10-14(16(12)19(22)23)17(21)24-11-15(20)18(2)13-8-4-3-5-9-13/h3-10H,11H2,1-2H3. The topological polar surface area (TPSA) is 89.8 Å². The van der Waals surface area contributed by atoms with Crippen molar-refractivity contribution in [2.75, 3.05) is 18.6 Å². The zero-order valence-electron chi connectivity index (χ0n) is 13.3. The molecule has 0 fully saturated rings. The highest BCUT2D eigenvalue weighted by atomic mass is 16.6. The third-order valence-electron chi connectivity index (χ3n) is 3.48. The molecule has 0 heterocycles. The largest absolute Gasteiger partial charge is 0.452 e. The summed E-state index contributed by atoms with van der Waals surface area (Å²) in [6, 6.07) is 13.2. The minimum absolute atomic E-state index is 0.171. The normalized spacial score (nSPS) is 10.1. The molecule has 0 aliphatic carbocycles. The molecule has 0 bridgehead atoms. The summed E-state index contributed by atoms with van der Waals surface area (Å²) in [5, 5.41) is 11.1. The second kappa shape index (κ2) is 7.36. The van der Waals surface area contributed by atoms with Gasteiger partial charge in [0, 0.05) is 18.3 Å². The van der Waals surface area contributed by atoms with Gasteiger partial charge in [-0.2, -0.15) is 0 Å². The van der Waals surface area contributed by atoms with E-state index in [1.807, 2.05) is 6.07 Å². The van der Waals surface area contributed by atoms with Gasteiger partial charge in [0.2, 0.25) is 0 Å². The fourth-order valence-corrected chi connectivity index (χ4v) is 2.16. The van der Waals surface area contributed by atoms with Crippen molar-refractivity contribution in [1.29, 1.82) is 0 Å². The number of aryl methyl sites for hydroxylation is 1. The maximum absolute atomic E-state index is 12.1. The fourth-order valence-electron chi connectivity index (χ4n) is 2.16. The number of carbonyl (C=O) groups excluding carboxylic acids is 2. The molecule has 0 N–H and O–H groups in total. The van der Waals surface area contributed by atoms with Crippen molar-refractivity contribution in [1.82, 2.24) is 0 Å². The summed E-state index contributed by atoms with van der Waals surface area (Å²) in [5.41, 5.74) is 0.517. The molecule has 0 saturated carbocycles. The number of amides is 1. The Morgan fingerprint density at radius 1 is 1.12 bits per heavy atom. The molecule has 0 aliphatic rings. The molecule has 0 saturated heterocycles. The fraction of sp³-hybridized carbons (Fsp3) is 0.176. The van der Waals surface area contributed by atoms with Crippen LogP contribution in [0.3, 0.4) is 0 Å². The molecular weight excluding hydrogens is 312 g/mol. The first kappa shape index (κ1) is 17.1. The number of hydrogen-bond donors (Lipinski definition) is 0. The van der Waals surface area contributed by atoms with Crippen molar-refractivity contribution in [2.24, 2.45) is 0 Å². The number of carbonyl (C=O) groups is 2. The van der Waals surface area contributed by atoms with Crippen LogP contribution in [0.15, 0.2) is 48.5 Å². The van der Waals surface area contributed by atoms with Gasteiger partial charge in [-0.05, 0) is 25.1 Å². The highest BCUT2D eigenvalue weighted by Crippen LogP contribution is 2.23. The van der Waals surface area contributed by atoms with Crippen LogP contribution in [0.4, 0.5) is 11.4 Å². The van der Waals surface area contributed by atoms with Gasteiger partial charge in [0.25, 0.3) is 11.6 Å². The average molecular weight is 328 g/mol. The number of para-hydroxylation sites is 2. The van der Waals surface area contributed by atoms with Crippen LogP contribution in [0.2, 0.25) is 0 Å². The summed E-state index contributed by atoms with van der Waals surface area (Å²) >= 11 is 0. The Hall–Kier alpha value is -3.22. The van der Waals surface area contributed by atoms with Crippen molar-refractivity contribution in [3.63, 3.8) is 0 Å². The summed E-state index contributed by atoms with van der Waals surface area (Å²) < 4.78 is 4.94. The van der Waals surface area contributed by atoms with Gasteiger partial charge in [0.15, 0.2) is 6.61 Å². The van der Waals surface area contributed by atoms with Crippen molar-refractivity contribution < 1.29 is 19.2 Å². The number of hydrogen-bond acceptors (Lipinski definition) is 5. The minimum atomic E-state index is -0.903. The van der Waals surface area contributed by atoms with Crippen molar-refractivity contribution in [3.8, 4) is 0 Å². The Balaban J connectivity index is 2.08. The van der Waals surface area contributed by atoms with E-state index >= 15 is 0 Å². The van der Waals surface area contributed by atoms with E-state index < -0.39 is 23.4 Å². The first-order valence-electron chi connectivity index (χ1n) is 7.14. The molecule has 0 aliphatic heterocycles. The van der Waals surface area contributed by atoms with Gasteiger partial charge in [-0.1, -0.05) is 30.3 Å². The van der Waals surface area contributed by atoms with Crippen molar-refractivity contribution in [2.45, 2.75) is 6.92 Å². The Labute approximate surface area is 138 Å². The summed E-state index contributed by atoms with van der Waals surface area (Å²) in [5.74, 6) is -1.34. The number of likely N-dealkylation sites (N-methyl/N-ethyl adjacent to an activating group) is 1. The number of anilines is 1. The first-order chi connectivity index (χ1) is 11.4. The minimum Gasteiger partial charge on any atom is -0.452 e. The van der Waals surface area contributed by atoms with Crippen LogP contribution in [0.1, 0.15) is 15.9 Å². The predicted octanol–water partition coefficient (Wildman–Crippen LogP) is 2.72. The van der Waals surface area contributed by atoms with Crippen LogP contribution in [0.25, 0.3) is 0 Å². The van der Waals surface area contributed by atoms with Crippen LogP contribution in [-0.2, 0) is 9.53 Å². The molecule has 24 heavy (non-hydrogen) atoms. The lowest BCUT2D eigenvalue weighted by Crippen LogP contribution is -2.31. The Morgan fingerprint density at radius 2 is 1.79 bits per heavy atom. The van der Waals surface area contributed by atoms with Gasteiger partial charge in [0.05, 0.1) is 4.92 Å². The number of esters is 1. The van der Waals surface area contributed by atoms with Gasteiger partial charge in [-0.25, -0.2) is 4.79 Å². The number of nitro groups is 1. The highest BCUT2D eigenvalue weighted by Gasteiger charge is 2.24. The second-order valence-corrected chi connectivity index (χ2v) is 5.09. The Morgan fingerprint density at radius 3 is 2.42 bits per heavy atom. The first-order valence-corrected chi connectivity index (χ1v) is 7.14. The van der Waals surface area contributed by atoms with Gasteiger partial charge in [-0.3, -0.25) is 14.9 Å². The van der Waals surface area contributed by atoms with Crippen LogP contribution < -0.4 is 4.90 Å². The molecule has 2 rings (SSSR count). The summed E-state index contributed by atoms with van der Waals surface area (Å²) in [7, 11) is 1.56. The van der Waals surface area contributed by atoms with Gasteiger partial charge in [0.1, 0.15) is 5.56 Å². The maximum atomic E-state index is 12.1. The second-order valence-electron chi connectivity index (χ2n) is 5.09. The molecule has 0 aromatic heterocycles. The van der Waals surface area contributed by atoms with E-state index in [4.69, 9.17) is 4.74 Å². The van der Waals surface area contributed by atoms with E-state index in [9.17, 15) is 19.7 Å². The van der Waals surface area contributed by atoms with E-state index in [-0.39, 0.29) is 11.3 Å². The van der Waals surface area contributed by atoms with Crippen LogP contribution in [-0.4, -0.2) is 30.5 Å². The molecular formula is C17H16N2O5. The molecule has 124 valence electrons. The van der Waals surface area contributed by atoms with Crippen LogP contribution in [0, 0.1) is 17.0 Å². The maximum Gasteiger partial charge on any atom is 0.345 e. The molecule has 2 aromatic carbocycles. The zero-order chi connectivity index (χ0) is 17.7. The summed E-state index contributed by atoms with van der Waals surface area (Å²) in [6.07, 6.45) is 0. The lowest BCUT2D eigenvalue weighted by Gasteiger charge is -2.17. The van der Waals surface area contributed by atoms with Crippen molar-refractivity contribution >= 4 is 23.3 Å². The molecule has 7 heteroatoms. The molecule has 0 spiro atoms. The monoisotopic (exact) mass is 328 g/mol. The molecule has 7 nitrogen and oxygen atoms in total. The van der Waals surface area contributed by atoms with E-state index in [1.54, 1.807) is 31.3 Å². The SMILES string of the molecule is Cc1cccc(C(=O)OCC(=O)N(C)c2ccccc2)c1[N+](=O)[O-]. The van der Waals surface area contributed by atoms with Crippen LogP contribution in [0.5, 0.6) is 0 Å². The van der Waals surface area contributed by atoms with Crippen molar-refractivity contribution in [3.05, 3.63) is 69.8 Å². The lowest BCUT2D eigenvalue weighted by atomic mass is 10.1. The van der Waals surface area contributed by atoms with E-state index in [0.29, 0.717) is 11.3 Å². The van der Waals surface area contributed by atoms with Crippen LogP contribution >= 0.6 is 0 Å². The molecule has 2 aromatic rings. The van der Waals surface area contributed by atoms with Gasteiger partial charge < -0.3 is 9.64 Å². The smallest absolute Gasteiger partial charge is 0.345 e. The quantitative estimate of drug-likeness (QED) is 0.478.